The van der Waals surface area contributed by atoms with Crippen LogP contribution in [0.1, 0.15) is 110 Å². The summed E-state index contributed by atoms with van der Waals surface area (Å²) >= 11 is 0. The lowest BCUT2D eigenvalue weighted by atomic mass is 10.0. The molecule has 6 heterocycles. The van der Waals surface area contributed by atoms with E-state index >= 15 is 0 Å². The van der Waals surface area contributed by atoms with Crippen LogP contribution in [0.5, 0.6) is 0 Å². The van der Waals surface area contributed by atoms with Crippen molar-refractivity contribution < 1.29 is 53.6 Å². The highest BCUT2D eigenvalue weighted by atomic mass is 16.4. The van der Waals surface area contributed by atoms with Gasteiger partial charge in [-0.1, -0.05) is 146 Å². The maximum absolute atomic E-state index is 11.2. The van der Waals surface area contributed by atoms with E-state index in [4.69, 9.17) is 100 Å². The Balaban J connectivity index is 0.000000148. The largest absolute Gasteiger partial charge is 0.478 e. The van der Waals surface area contributed by atoms with E-state index in [-0.39, 0.29) is 47.5 Å². The number of carboxylic acid groups (broad SMARTS) is 4. The van der Waals surface area contributed by atoms with Gasteiger partial charge in [0, 0.05) is 92.7 Å². The van der Waals surface area contributed by atoms with Gasteiger partial charge in [-0.2, -0.15) is 19.8 Å². The van der Waals surface area contributed by atoms with Crippen molar-refractivity contribution in [3.63, 3.8) is 0 Å². The molecule has 30 nitrogen and oxygen atoms in total. The van der Waals surface area contributed by atoms with Crippen LogP contribution < -0.4 is 45.9 Å². The molecule has 0 saturated carbocycles. The molecule has 0 radical (unpaired) electrons. The fourth-order valence-corrected chi connectivity index (χ4v) is 13.2. The molecule has 14 aromatic rings. The van der Waals surface area contributed by atoms with Gasteiger partial charge in [0.1, 0.15) is 28.7 Å². The maximum Gasteiger partial charge on any atom is 0.373 e. The summed E-state index contributed by atoms with van der Waals surface area (Å²) in [7, 11) is 0. The summed E-state index contributed by atoms with van der Waals surface area (Å²) in [5.41, 5.74) is 72.0. The van der Waals surface area contributed by atoms with Crippen LogP contribution >= 0.6 is 0 Å². The predicted molar refractivity (Wildman–Crippen MR) is 475 cm³/mol. The molecule has 0 atom stereocenters. The molecule has 2 aliphatic carbocycles. The van der Waals surface area contributed by atoms with E-state index in [9.17, 15) is 24.3 Å². The molecule has 123 heavy (non-hydrogen) atoms. The van der Waals surface area contributed by atoms with E-state index in [0.29, 0.717) is 138 Å². The molecule has 5 aromatic heterocycles. The highest BCUT2D eigenvalue weighted by Crippen LogP contribution is 2.41. The summed E-state index contributed by atoms with van der Waals surface area (Å²) in [6.45, 7) is 5.68. The smallest absolute Gasteiger partial charge is 0.373 e. The third-order valence-corrected chi connectivity index (χ3v) is 19.4. The van der Waals surface area contributed by atoms with Gasteiger partial charge in [0.15, 0.2) is 29.0 Å². The van der Waals surface area contributed by atoms with Crippen molar-refractivity contribution in [2.75, 3.05) is 45.9 Å². The number of nitrogens with two attached hydrogens (primary N) is 8. The summed E-state index contributed by atoms with van der Waals surface area (Å²) in [6.07, 6.45) is 10.1. The van der Waals surface area contributed by atoms with Crippen LogP contribution in [0.25, 0.3) is 119 Å². The first-order chi connectivity index (χ1) is 58.7. The Kier molecular flexibility index (Phi) is 25.8. The minimum atomic E-state index is -1.00. The number of anilines is 8. The number of rotatable bonds is 16. The zero-order valence-corrected chi connectivity index (χ0v) is 65.4. The number of hydrogen-bond acceptors (Lipinski definition) is 26. The number of benzene rings is 9. The molecule has 0 unspecified atom stereocenters. The first kappa shape index (κ1) is 85.1. The van der Waals surface area contributed by atoms with E-state index in [1.54, 1.807) is 110 Å². The zero-order chi connectivity index (χ0) is 86.6. The van der Waals surface area contributed by atoms with Crippen molar-refractivity contribution in [1.29, 1.82) is 0 Å². The Morgan fingerprint density at radius 1 is 0.341 bits per heavy atom. The number of carboxylic acids is 4. The number of carbonyl (C=O) groups excluding carboxylic acids is 2. The number of aromatic carboxylic acids is 4. The van der Waals surface area contributed by atoms with Crippen LogP contribution in [0.2, 0.25) is 0 Å². The van der Waals surface area contributed by atoms with Crippen molar-refractivity contribution in [2.24, 2.45) is 10.2 Å². The monoisotopic (exact) mass is 1640 g/mol. The number of nitrogens with zero attached hydrogens (tertiary/aromatic N) is 11. The second kappa shape index (κ2) is 37.3. The summed E-state index contributed by atoms with van der Waals surface area (Å²) in [5.74, 6) is -1.96. The minimum absolute atomic E-state index is 0. The standard InChI is InChI=1S/C26H20N4O2.C23H20N4O2.C21H18N6O2.C21H17N5O3.CO2.CH4/c27-21-11-9-16(10-12-21)22-23(15-5-7-17(8-6-15)26(31)32)30-25(28)24(29-22)20-13-18-3-1-2-4-19(18)14-20;1-13-2-3-17(12-13)21-22(25)27-20(14-4-6-16(7-5-14)23(28)29)19(26-21)15-8-10-18(24)11-9-15;1-11-10-16(27-26-11)19-20(23)25-18(12-2-4-14(5-3-12)21(28)29)17(24-19)13-6-8-15(22)9-7-13;1-11-24-10-16(29-11)19-20(23)26-18(12-2-4-14(5-3-12)21(27)28)17(25-19)13-6-8-15(22)9-7-13;2-1-3;/h1-13H,14,27H2,(H2,28,30)(H,31,32);2-11H,12,24H2,1H3,(H2,25,27)(H,28,29);2-9H,10,22H2,1H3,(H2,23,25)(H,28,29);2-10H,22H2,1H3,(H2,23,26)(H,27,28);;1H4. The molecule has 0 saturated heterocycles. The molecule has 0 bridgehead atoms. The highest BCUT2D eigenvalue weighted by Gasteiger charge is 2.27. The van der Waals surface area contributed by atoms with Crippen LogP contribution in [0.4, 0.5) is 46.0 Å². The fourth-order valence-electron chi connectivity index (χ4n) is 13.2. The number of aromatic nitrogens is 9. The Morgan fingerprint density at radius 2 is 0.642 bits per heavy atom. The van der Waals surface area contributed by atoms with Crippen LogP contribution in [0.15, 0.2) is 257 Å². The summed E-state index contributed by atoms with van der Waals surface area (Å²) in [6, 6.07) is 63.3. The summed E-state index contributed by atoms with van der Waals surface area (Å²) in [5, 5.41) is 44.9. The molecule has 20 N–H and O–H groups in total. The lowest BCUT2D eigenvalue weighted by Crippen LogP contribution is -2.12. The van der Waals surface area contributed by atoms with E-state index in [0.717, 1.165) is 68.6 Å². The predicted octanol–water partition coefficient (Wildman–Crippen LogP) is 16.1. The number of hydrogen-bond donors (Lipinski definition) is 12. The third-order valence-electron chi connectivity index (χ3n) is 19.4. The van der Waals surface area contributed by atoms with Crippen molar-refractivity contribution >= 4 is 105 Å². The van der Waals surface area contributed by atoms with Crippen molar-refractivity contribution in [3.8, 4) is 102 Å². The molecule has 30 heteroatoms. The van der Waals surface area contributed by atoms with Gasteiger partial charge >= 0.3 is 30.0 Å². The molecule has 612 valence electrons. The van der Waals surface area contributed by atoms with Crippen molar-refractivity contribution in [3.05, 3.63) is 299 Å². The normalized spacial score (nSPS) is 12.0. The number of aryl methyl sites for hydroxylation is 1. The molecule has 1 aliphatic heterocycles. The maximum atomic E-state index is 11.2. The average Bonchev–Trinajstić information content (AvgIpc) is 1.68. The quantitative estimate of drug-likeness (QED) is 0.0400. The van der Waals surface area contributed by atoms with Crippen molar-refractivity contribution in [1.82, 2.24) is 44.9 Å². The van der Waals surface area contributed by atoms with Crippen LogP contribution in [0, 0.1) is 6.92 Å². The molecule has 0 amide bonds. The number of oxazole rings is 1. The molecule has 0 fully saturated rings. The number of carbonyl (C=O) groups is 4. The van der Waals surface area contributed by atoms with Gasteiger partial charge in [-0.25, -0.2) is 64.0 Å². The van der Waals surface area contributed by atoms with Crippen molar-refractivity contribution in [2.45, 2.75) is 47.5 Å². The SMILES string of the molecule is C.CC1=CC=C(c2nc(-c3ccc(N)cc3)c(-c3ccc(C(=O)O)cc3)nc2N)C1.CC1=NN=C(c2nc(-c3ccc(N)cc3)c(-c3ccc(C(=O)O)cc3)nc2N)C1.Cc1ncc(-c2nc(-c3ccc(N)cc3)c(-c3ccc(C(=O)O)cc3)nc2N)o1.Nc1ccc(-c2nc(C3=Cc4ccccc4C3)c(N)nc2-c2ccc(C(=O)O)cc2)cc1.O=C=O. The van der Waals surface area contributed by atoms with Gasteiger partial charge in [-0.3, -0.25) is 0 Å². The average molecular weight is 1640 g/mol. The van der Waals surface area contributed by atoms with E-state index in [1.807, 2.05) is 97.9 Å². The van der Waals surface area contributed by atoms with Crippen LogP contribution in [-0.2, 0) is 16.0 Å². The van der Waals surface area contributed by atoms with E-state index < -0.39 is 23.9 Å². The molecule has 17 rings (SSSR count). The zero-order valence-electron chi connectivity index (χ0n) is 65.4. The fraction of sp³-hybridized carbons (Fsp3) is 0.0753. The van der Waals surface area contributed by atoms with Crippen LogP contribution in [-0.4, -0.2) is 107 Å². The second-order valence-electron chi connectivity index (χ2n) is 27.9. The van der Waals surface area contributed by atoms with Gasteiger partial charge in [0.25, 0.3) is 0 Å². The second-order valence-corrected chi connectivity index (χ2v) is 27.9. The molecular weight excluding hydrogens is 1560 g/mol. The first-order valence-corrected chi connectivity index (χ1v) is 37.3. The summed E-state index contributed by atoms with van der Waals surface area (Å²) in [4.78, 5) is 103. The van der Waals surface area contributed by atoms with Gasteiger partial charge in [0.2, 0.25) is 0 Å². The number of nitrogen functional groups attached to an aromatic ring is 8. The molecular formula is C93H79N19O11. The topological polar surface area (TPSA) is 545 Å². The molecule has 3 aliphatic rings. The van der Waals surface area contributed by atoms with Gasteiger partial charge in [0.05, 0.1) is 79.7 Å². The van der Waals surface area contributed by atoms with Gasteiger partial charge in [-0.05, 0) is 146 Å². The summed E-state index contributed by atoms with van der Waals surface area (Å²) < 4.78 is 5.57. The lowest BCUT2D eigenvalue weighted by molar-refractivity contribution is -0.191. The molecule has 0 spiro atoms. The minimum Gasteiger partial charge on any atom is -0.478 e. The Bertz CT molecular complexity index is 6400. The molecule has 9 aromatic carbocycles. The number of allylic oxidation sites excluding steroid dienone is 5. The Hall–Kier alpha value is -17.3. The van der Waals surface area contributed by atoms with Crippen LogP contribution in [0.3, 0.4) is 0 Å². The first-order valence-electron chi connectivity index (χ1n) is 37.3. The Morgan fingerprint density at radius 3 is 0.943 bits per heavy atom. The number of fused-ring (bicyclic) bond motifs is 1. The Labute approximate surface area is 703 Å². The highest BCUT2D eigenvalue weighted by molar-refractivity contribution is 6.15. The van der Waals surface area contributed by atoms with Gasteiger partial charge in [-0.15, -0.1) is 0 Å². The third kappa shape index (κ3) is 19.7. The van der Waals surface area contributed by atoms with E-state index in [1.165, 1.54) is 35.4 Å². The van der Waals surface area contributed by atoms with Gasteiger partial charge < -0.3 is 70.7 Å². The van der Waals surface area contributed by atoms with E-state index in [2.05, 4.69) is 61.3 Å². The lowest BCUT2D eigenvalue weighted by Gasteiger charge is -2.14.